The van der Waals surface area contributed by atoms with Gasteiger partial charge < -0.3 is 4.74 Å². The summed E-state index contributed by atoms with van der Waals surface area (Å²) in [5.74, 6) is 0.512. The lowest BCUT2D eigenvalue weighted by atomic mass is 10.9. The molecule has 0 aliphatic carbocycles. The van der Waals surface area contributed by atoms with Crippen LogP contribution in [-0.4, -0.2) is 17.8 Å². The zero-order chi connectivity index (χ0) is 5.70. The summed E-state index contributed by atoms with van der Waals surface area (Å²) in [6.45, 7) is 0.283. The molecule has 0 heterocycles. The molecule has 0 atom stereocenters. The normalized spacial score (nSPS) is 8.29. The average molecular weight is 141 g/mol. The second-order valence-corrected chi connectivity index (χ2v) is 1.57. The molecular formula is C3H5ClO2S. The highest BCUT2D eigenvalue weighted by molar-refractivity contribution is 7.80. The molecule has 0 rings (SSSR count). The van der Waals surface area contributed by atoms with E-state index in [2.05, 4.69) is 17.4 Å². The second-order valence-electron chi connectivity index (χ2n) is 0.810. The zero-order valence-corrected chi connectivity index (χ0v) is 5.21. The fourth-order valence-electron chi connectivity index (χ4n) is 0.126. The van der Waals surface area contributed by atoms with Crippen LogP contribution in [0.4, 0.5) is 4.79 Å². The Bertz CT molecular complexity index is 66.0. The first kappa shape index (κ1) is 7.11. The monoisotopic (exact) mass is 140 g/mol. The minimum atomic E-state index is -0.769. The molecule has 0 aromatic rings. The minimum Gasteiger partial charge on any atom is -0.453 e. The molecule has 0 saturated heterocycles. The van der Waals surface area contributed by atoms with Crippen molar-refractivity contribution >= 4 is 29.7 Å². The molecule has 0 unspecified atom stereocenters. The third kappa shape index (κ3) is 6.11. The van der Waals surface area contributed by atoms with E-state index in [9.17, 15) is 4.79 Å². The number of halogens is 1. The minimum absolute atomic E-state index is 0.283. The van der Waals surface area contributed by atoms with Gasteiger partial charge in [0.05, 0.1) is 0 Å². The van der Waals surface area contributed by atoms with Crippen LogP contribution in [0.25, 0.3) is 0 Å². The summed E-state index contributed by atoms with van der Waals surface area (Å²) in [5, 5.41) is 0. The largest absolute Gasteiger partial charge is 0.453 e. The fraction of sp³-hybridized carbons (Fsp3) is 0.667. The number of hydrogen-bond acceptors (Lipinski definition) is 3. The SMILES string of the molecule is O=C(Cl)OCCS. The standard InChI is InChI=1S/C3H5ClO2S/c4-3(5)6-1-2-7/h7H,1-2H2. The van der Waals surface area contributed by atoms with Gasteiger partial charge in [0, 0.05) is 17.4 Å². The summed E-state index contributed by atoms with van der Waals surface area (Å²) in [6.07, 6.45) is 0. The van der Waals surface area contributed by atoms with Crippen molar-refractivity contribution in [1.82, 2.24) is 0 Å². The van der Waals surface area contributed by atoms with Crippen molar-refractivity contribution in [3.8, 4) is 0 Å². The van der Waals surface area contributed by atoms with Gasteiger partial charge in [0.15, 0.2) is 0 Å². The van der Waals surface area contributed by atoms with Crippen LogP contribution < -0.4 is 0 Å². The Balaban J connectivity index is 2.82. The van der Waals surface area contributed by atoms with E-state index in [0.717, 1.165) is 0 Å². The van der Waals surface area contributed by atoms with Gasteiger partial charge in [-0.3, -0.25) is 0 Å². The van der Waals surface area contributed by atoms with Gasteiger partial charge >= 0.3 is 5.43 Å². The highest BCUT2D eigenvalue weighted by Crippen LogP contribution is 1.85. The number of hydrogen-bond donors (Lipinski definition) is 1. The summed E-state index contributed by atoms with van der Waals surface area (Å²) in [6, 6.07) is 0. The maximum absolute atomic E-state index is 9.71. The van der Waals surface area contributed by atoms with Gasteiger partial charge in [-0.2, -0.15) is 12.6 Å². The zero-order valence-electron chi connectivity index (χ0n) is 3.56. The Hall–Kier alpha value is 0.110. The van der Waals surface area contributed by atoms with E-state index in [-0.39, 0.29) is 6.61 Å². The summed E-state index contributed by atoms with van der Waals surface area (Å²) in [4.78, 5) is 9.71. The predicted octanol–water partition coefficient (Wildman–Crippen LogP) is 1.29. The van der Waals surface area contributed by atoms with E-state index >= 15 is 0 Å². The molecule has 0 amide bonds. The van der Waals surface area contributed by atoms with Crippen molar-refractivity contribution in [3.05, 3.63) is 0 Å². The quantitative estimate of drug-likeness (QED) is 0.462. The molecule has 0 radical (unpaired) electrons. The van der Waals surface area contributed by atoms with Crippen molar-refractivity contribution < 1.29 is 9.53 Å². The smallest absolute Gasteiger partial charge is 0.403 e. The molecule has 42 valence electrons. The fourth-order valence-corrected chi connectivity index (χ4v) is 0.294. The molecule has 0 spiro atoms. The number of thiol groups is 1. The van der Waals surface area contributed by atoms with E-state index in [1.165, 1.54) is 0 Å². The highest BCUT2D eigenvalue weighted by Gasteiger charge is 1.89. The molecule has 0 aromatic carbocycles. The molecule has 0 saturated carbocycles. The summed E-state index contributed by atoms with van der Waals surface area (Å²) in [7, 11) is 0. The van der Waals surface area contributed by atoms with Crippen LogP contribution in [0.5, 0.6) is 0 Å². The molecule has 4 heteroatoms. The Labute approximate surface area is 52.2 Å². The maximum Gasteiger partial charge on any atom is 0.403 e. The Morgan fingerprint density at radius 2 is 2.43 bits per heavy atom. The number of ether oxygens (including phenoxy) is 1. The first-order chi connectivity index (χ1) is 3.27. The lowest BCUT2D eigenvalue weighted by Gasteiger charge is -1.91. The number of rotatable bonds is 2. The molecule has 0 fully saturated rings. The Kier molecular flexibility index (Phi) is 4.34. The van der Waals surface area contributed by atoms with Gasteiger partial charge in [0.2, 0.25) is 0 Å². The highest BCUT2D eigenvalue weighted by atomic mass is 35.5. The first-order valence-corrected chi connectivity index (χ1v) is 2.71. The lowest BCUT2D eigenvalue weighted by molar-refractivity contribution is 0.181. The topological polar surface area (TPSA) is 26.3 Å². The van der Waals surface area contributed by atoms with Gasteiger partial charge in [0.25, 0.3) is 0 Å². The molecule has 0 aliphatic rings. The van der Waals surface area contributed by atoms with Crippen molar-refractivity contribution in [2.24, 2.45) is 0 Å². The summed E-state index contributed by atoms with van der Waals surface area (Å²) < 4.78 is 4.24. The molecule has 0 aromatic heterocycles. The van der Waals surface area contributed by atoms with Gasteiger partial charge in [-0.15, -0.1) is 0 Å². The molecule has 0 N–H and O–H groups in total. The number of carbonyl (C=O) groups is 1. The van der Waals surface area contributed by atoms with E-state index < -0.39 is 5.43 Å². The van der Waals surface area contributed by atoms with E-state index in [1.54, 1.807) is 0 Å². The van der Waals surface area contributed by atoms with Crippen molar-refractivity contribution in [1.29, 1.82) is 0 Å². The summed E-state index contributed by atoms with van der Waals surface area (Å²) in [5.41, 5.74) is -0.769. The lowest BCUT2D eigenvalue weighted by Crippen LogP contribution is -1.96. The van der Waals surface area contributed by atoms with Crippen LogP contribution in [0.15, 0.2) is 0 Å². The third-order valence-corrected chi connectivity index (χ3v) is 0.599. The van der Waals surface area contributed by atoms with E-state index in [1.807, 2.05) is 0 Å². The van der Waals surface area contributed by atoms with Crippen molar-refractivity contribution in [3.63, 3.8) is 0 Å². The molecule has 0 bridgehead atoms. The van der Waals surface area contributed by atoms with Crippen LogP contribution >= 0.6 is 24.2 Å². The van der Waals surface area contributed by atoms with Crippen LogP contribution in [0, 0.1) is 0 Å². The van der Waals surface area contributed by atoms with Crippen LogP contribution in [0.3, 0.4) is 0 Å². The average Bonchev–Trinajstić information content (AvgIpc) is 1.61. The molecule has 2 nitrogen and oxygen atoms in total. The molecular weight excluding hydrogens is 136 g/mol. The van der Waals surface area contributed by atoms with Gasteiger partial charge in [0.1, 0.15) is 6.61 Å². The predicted molar refractivity (Wildman–Crippen MR) is 31.1 cm³/mol. The second kappa shape index (κ2) is 4.27. The van der Waals surface area contributed by atoms with Crippen LogP contribution in [0.2, 0.25) is 0 Å². The first-order valence-electron chi connectivity index (χ1n) is 1.70. The molecule has 7 heavy (non-hydrogen) atoms. The van der Waals surface area contributed by atoms with E-state index in [4.69, 9.17) is 11.6 Å². The van der Waals surface area contributed by atoms with Crippen LogP contribution in [-0.2, 0) is 4.74 Å². The van der Waals surface area contributed by atoms with Crippen LogP contribution in [0.1, 0.15) is 0 Å². The Morgan fingerprint density at radius 1 is 1.86 bits per heavy atom. The maximum atomic E-state index is 9.71. The van der Waals surface area contributed by atoms with Crippen molar-refractivity contribution in [2.75, 3.05) is 12.4 Å². The van der Waals surface area contributed by atoms with E-state index in [0.29, 0.717) is 5.75 Å². The molecule has 0 aliphatic heterocycles. The van der Waals surface area contributed by atoms with Gasteiger partial charge in [-0.25, -0.2) is 4.79 Å². The Morgan fingerprint density at radius 3 is 2.57 bits per heavy atom. The van der Waals surface area contributed by atoms with Gasteiger partial charge in [-0.1, -0.05) is 0 Å². The van der Waals surface area contributed by atoms with Crippen molar-refractivity contribution in [2.45, 2.75) is 0 Å². The summed E-state index contributed by atoms with van der Waals surface area (Å²) >= 11 is 8.52. The third-order valence-electron chi connectivity index (χ3n) is 0.307. The van der Waals surface area contributed by atoms with Gasteiger partial charge in [-0.05, 0) is 0 Å². The number of carbonyl (C=O) groups excluding carboxylic acids is 1.